The molecule has 0 aliphatic carbocycles. The summed E-state index contributed by atoms with van der Waals surface area (Å²) in [6.45, 7) is 0.277. The van der Waals surface area contributed by atoms with Crippen molar-refractivity contribution in [3.63, 3.8) is 0 Å². The highest BCUT2D eigenvalue weighted by Gasteiger charge is 2.37. The number of hydrogen-bond donors (Lipinski definition) is 0. The van der Waals surface area contributed by atoms with E-state index in [1.807, 2.05) is 0 Å². The summed E-state index contributed by atoms with van der Waals surface area (Å²) in [7, 11) is 0. The summed E-state index contributed by atoms with van der Waals surface area (Å²) < 4.78 is 46.1. The molecule has 2 aliphatic rings. The molecule has 2 aromatic carbocycles. The van der Waals surface area contributed by atoms with Crippen molar-refractivity contribution in [2.24, 2.45) is 0 Å². The Morgan fingerprint density at radius 3 is 2.70 bits per heavy atom. The number of hydrogen-bond acceptors (Lipinski definition) is 2. The van der Waals surface area contributed by atoms with E-state index in [2.05, 4.69) is 0 Å². The zero-order chi connectivity index (χ0) is 16.1. The van der Waals surface area contributed by atoms with Crippen molar-refractivity contribution >= 4 is 11.6 Å². The first-order valence-electron chi connectivity index (χ1n) is 7.27. The van der Waals surface area contributed by atoms with Crippen LogP contribution in [0, 0.1) is 17.5 Å². The van der Waals surface area contributed by atoms with Crippen LogP contribution in [-0.2, 0) is 17.6 Å². The fourth-order valence-corrected chi connectivity index (χ4v) is 3.21. The van der Waals surface area contributed by atoms with Crippen LogP contribution in [0.4, 0.5) is 18.9 Å². The van der Waals surface area contributed by atoms with Gasteiger partial charge in [-0.15, -0.1) is 0 Å². The Hall–Kier alpha value is -2.50. The van der Waals surface area contributed by atoms with Crippen LogP contribution >= 0.6 is 0 Å². The van der Waals surface area contributed by atoms with Crippen LogP contribution in [0.3, 0.4) is 0 Å². The number of amides is 1. The van der Waals surface area contributed by atoms with E-state index in [4.69, 9.17) is 4.74 Å². The van der Waals surface area contributed by atoms with Gasteiger partial charge in [-0.25, -0.2) is 13.2 Å². The Kier molecular flexibility index (Phi) is 3.07. The molecule has 118 valence electrons. The zero-order valence-corrected chi connectivity index (χ0v) is 12.0. The monoisotopic (exact) mass is 319 g/mol. The Morgan fingerprint density at radius 2 is 1.87 bits per heavy atom. The Labute approximate surface area is 130 Å². The van der Waals surface area contributed by atoms with Gasteiger partial charge in [0.1, 0.15) is 23.2 Å². The third-order valence-electron chi connectivity index (χ3n) is 4.22. The molecule has 0 fully saturated rings. The normalized spacial score (nSPS) is 18.6. The molecule has 0 saturated carbocycles. The number of carbonyl (C=O) groups is 1. The standard InChI is InChI=1S/C17H12F3NO2/c18-11-1-2-14-10(6-11)7-15(23-14)17(22)21-4-3-9-5-12(19)8-13(20)16(9)21/h1-2,5-6,8,15H,3-4,7H2/t15-/m1/s1. The average Bonchev–Trinajstić information content (AvgIpc) is 3.09. The maximum atomic E-state index is 14.0. The van der Waals surface area contributed by atoms with Gasteiger partial charge < -0.3 is 9.64 Å². The third kappa shape index (κ3) is 2.25. The zero-order valence-electron chi connectivity index (χ0n) is 12.0. The second kappa shape index (κ2) is 5.01. The highest BCUT2D eigenvalue weighted by atomic mass is 19.1. The molecule has 1 atom stereocenters. The van der Waals surface area contributed by atoms with E-state index >= 15 is 0 Å². The summed E-state index contributed by atoms with van der Waals surface area (Å²) in [4.78, 5) is 13.9. The molecule has 6 heteroatoms. The number of carbonyl (C=O) groups excluding carboxylic acids is 1. The van der Waals surface area contributed by atoms with Gasteiger partial charge in [0, 0.05) is 24.6 Å². The maximum Gasteiger partial charge on any atom is 0.268 e. The largest absolute Gasteiger partial charge is 0.480 e. The fourth-order valence-electron chi connectivity index (χ4n) is 3.21. The van der Waals surface area contributed by atoms with Crippen LogP contribution in [0.2, 0.25) is 0 Å². The summed E-state index contributed by atoms with van der Waals surface area (Å²) >= 11 is 0. The Balaban J connectivity index is 1.61. The smallest absolute Gasteiger partial charge is 0.268 e. The summed E-state index contributed by atoms with van der Waals surface area (Å²) in [6.07, 6.45) is -0.188. The second-order valence-electron chi connectivity index (χ2n) is 5.70. The number of fused-ring (bicyclic) bond motifs is 2. The topological polar surface area (TPSA) is 29.5 Å². The van der Waals surface area contributed by atoms with E-state index < -0.39 is 29.5 Å². The van der Waals surface area contributed by atoms with Gasteiger partial charge in [0.05, 0.1) is 5.69 Å². The molecule has 4 rings (SSSR count). The van der Waals surface area contributed by atoms with Gasteiger partial charge >= 0.3 is 0 Å². The van der Waals surface area contributed by atoms with E-state index in [0.29, 0.717) is 23.3 Å². The summed E-state index contributed by atoms with van der Waals surface area (Å²) in [5, 5.41) is 0. The summed E-state index contributed by atoms with van der Waals surface area (Å²) in [5.41, 5.74) is 1.20. The molecule has 0 N–H and O–H groups in total. The van der Waals surface area contributed by atoms with Crippen molar-refractivity contribution < 1.29 is 22.7 Å². The lowest BCUT2D eigenvalue weighted by molar-refractivity contribution is -0.124. The number of nitrogens with zero attached hydrogens (tertiary/aromatic N) is 1. The van der Waals surface area contributed by atoms with Crippen LogP contribution in [0.1, 0.15) is 11.1 Å². The number of ether oxygens (including phenoxy) is 1. The lowest BCUT2D eigenvalue weighted by atomic mass is 10.1. The molecule has 1 amide bonds. The Morgan fingerprint density at radius 1 is 1.09 bits per heavy atom. The van der Waals surface area contributed by atoms with Gasteiger partial charge in [0.15, 0.2) is 6.10 Å². The van der Waals surface area contributed by atoms with Gasteiger partial charge in [-0.2, -0.15) is 0 Å². The molecule has 0 aromatic heterocycles. The molecule has 0 bridgehead atoms. The van der Waals surface area contributed by atoms with Crippen LogP contribution in [0.5, 0.6) is 5.75 Å². The van der Waals surface area contributed by atoms with Crippen LogP contribution < -0.4 is 9.64 Å². The van der Waals surface area contributed by atoms with Crippen LogP contribution in [-0.4, -0.2) is 18.6 Å². The summed E-state index contributed by atoms with van der Waals surface area (Å²) in [6, 6.07) is 6.08. The first-order valence-corrected chi connectivity index (χ1v) is 7.27. The quantitative estimate of drug-likeness (QED) is 0.809. The lowest BCUT2D eigenvalue weighted by Gasteiger charge is -2.21. The average molecular weight is 319 g/mol. The van der Waals surface area contributed by atoms with E-state index in [1.54, 1.807) is 0 Å². The first kappa shape index (κ1) is 14.1. The fraction of sp³-hybridized carbons (Fsp3) is 0.235. The molecule has 0 radical (unpaired) electrons. The number of rotatable bonds is 1. The van der Waals surface area contributed by atoms with E-state index in [1.165, 1.54) is 29.2 Å². The molecule has 3 nitrogen and oxygen atoms in total. The van der Waals surface area contributed by atoms with E-state index in [0.717, 1.165) is 6.07 Å². The van der Waals surface area contributed by atoms with Crippen molar-refractivity contribution in [2.75, 3.05) is 11.4 Å². The van der Waals surface area contributed by atoms with E-state index in [9.17, 15) is 18.0 Å². The molecular formula is C17H12F3NO2. The molecule has 0 saturated heterocycles. The van der Waals surface area contributed by atoms with Gasteiger partial charge in [-0.3, -0.25) is 4.79 Å². The van der Waals surface area contributed by atoms with Gasteiger partial charge in [0.2, 0.25) is 0 Å². The maximum absolute atomic E-state index is 14.0. The van der Waals surface area contributed by atoms with Crippen molar-refractivity contribution in [3.05, 3.63) is 58.9 Å². The molecular weight excluding hydrogens is 307 g/mol. The van der Waals surface area contributed by atoms with Crippen LogP contribution in [0.25, 0.3) is 0 Å². The SMILES string of the molecule is O=C([C@H]1Cc2cc(F)ccc2O1)N1CCc2cc(F)cc(F)c21. The van der Waals surface area contributed by atoms with Crippen molar-refractivity contribution in [1.82, 2.24) is 0 Å². The van der Waals surface area contributed by atoms with Crippen molar-refractivity contribution in [2.45, 2.75) is 18.9 Å². The Bertz CT molecular complexity index is 822. The summed E-state index contributed by atoms with van der Waals surface area (Å²) in [5.74, 6) is -1.74. The van der Waals surface area contributed by atoms with Crippen molar-refractivity contribution in [1.29, 1.82) is 0 Å². The van der Waals surface area contributed by atoms with Gasteiger partial charge in [0.25, 0.3) is 5.91 Å². The number of halogens is 3. The molecule has 0 unspecified atom stereocenters. The highest BCUT2D eigenvalue weighted by molar-refractivity contribution is 5.99. The minimum atomic E-state index is -0.817. The third-order valence-corrected chi connectivity index (χ3v) is 4.22. The van der Waals surface area contributed by atoms with Crippen molar-refractivity contribution in [3.8, 4) is 5.75 Å². The predicted octanol–water partition coefficient (Wildman–Crippen LogP) is 3.00. The van der Waals surface area contributed by atoms with Gasteiger partial charge in [-0.05, 0) is 36.2 Å². The minimum absolute atomic E-state index is 0.113. The number of anilines is 1. The first-order chi connectivity index (χ1) is 11.0. The highest BCUT2D eigenvalue weighted by Crippen LogP contribution is 2.35. The minimum Gasteiger partial charge on any atom is -0.480 e. The molecule has 0 spiro atoms. The second-order valence-corrected chi connectivity index (χ2v) is 5.70. The number of benzene rings is 2. The molecule has 2 aliphatic heterocycles. The van der Waals surface area contributed by atoms with E-state index in [-0.39, 0.29) is 18.7 Å². The molecule has 23 heavy (non-hydrogen) atoms. The lowest BCUT2D eigenvalue weighted by Crippen LogP contribution is -2.40. The van der Waals surface area contributed by atoms with Crippen LogP contribution in [0.15, 0.2) is 30.3 Å². The predicted molar refractivity (Wildman–Crippen MR) is 76.9 cm³/mol. The van der Waals surface area contributed by atoms with Gasteiger partial charge in [-0.1, -0.05) is 0 Å². The molecule has 2 aromatic rings. The molecule has 2 heterocycles.